The first kappa shape index (κ1) is 14.1. The van der Waals surface area contributed by atoms with Gasteiger partial charge in [-0.25, -0.2) is 0 Å². The summed E-state index contributed by atoms with van der Waals surface area (Å²) in [7, 11) is 0. The summed E-state index contributed by atoms with van der Waals surface area (Å²) in [4.78, 5) is 12.4. The quantitative estimate of drug-likeness (QED) is 0.886. The first-order valence-electron chi connectivity index (χ1n) is 6.56. The maximum absolute atomic E-state index is 12.4. The summed E-state index contributed by atoms with van der Waals surface area (Å²) in [6.07, 6.45) is 5.37. The first-order chi connectivity index (χ1) is 9.05. The van der Waals surface area contributed by atoms with E-state index in [4.69, 9.17) is 5.26 Å². The highest BCUT2D eigenvalue weighted by atomic mass is 79.9. The van der Waals surface area contributed by atoms with Crippen LogP contribution < -0.4 is 5.32 Å². The summed E-state index contributed by atoms with van der Waals surface area (Å²) < 4.78 is 0.749. The van der Waals surface area contributed by atoms with Gasteiger partial charge in [0, 0.05) is 9.89 Å². The van der Waals surface area contributed by atoms with Crippen LogP contribution in [0.5, 0.6) is 0 Å². The fourth-order valence-corrected chi connectivity index (χ4v) is 3.00. The molecule has 0 radical (unpaired) electrons. The van der Waals surface area contributed by atoms with E-state index >= 15 is 0 Å². The van der Waals surface area contributed by atoms with Gasteiger partial charge in [0.1, 0.15) is 0 Å². The lowest BCUT2D eigenvalue weighted by atomic mass is 9.75. The van der Waals surface area contributed by atoms with Crippen LogP contribution in [0, 0.1) is 16.7 Å². The lowest BCUT2D eigenvalue weighted by molar-refractivity contribution is -0.126. The Morgan fingerprint density at radius 1 is 1.37 bits per heavy atom. The molecule has 1 N–H and O–H groups in total. The number of carbonyl (C=O) groups is 1. The van der Waals surface area contributed by atoms with E-state index < -0.39 is 0 Å². The van der Waals surface area contributed by atoms with E-state index in [1.807, 2.05) is 6.92 Å². The van der Waals surface area contributed by atoms with Crippen molar-refractivity contribution in [1.82, 2.24) is 0 Å². The van der Waals surface area contributed by atoms with Gasteiger partial charge in [0.2, 0.25) is 5.91 Å². The van der Waals surface area contributed by atoms with E-state index in [0.29, 0.717) is 5.56 Å². The normalized spacial score (nSPS) is 17.5. The molecule has 1 amide bonds. The number of halogens is 1. The predicted molar refractivity (Wildman–Crippen MR) is 78.7 cm³/mol. The Balaban J connectivity index is 2.13. The summed E-state index contributed by atoms with van der Waals surface area (Å²) in [5, 5.41) is 11.8. The van der Waals surface area contributed by atoms with Crippen molar-refractivity contribution >= 4 is 27.5 Å². The van der Waals surface area contributed by atoms with E-state index in [-0.39, 0.29) is 11.3 Å². The predicted octanol–water partition coefficient (Wildman–Crippen LogP) is 4.23. The summed E-state index contributed by atoms with van der Waals surface area (Å²) in [6, 6.07) is 7.28. The number of nitriles is 1. The molecule has 0 aromatic heterocycles. The van der Waals surface area contributed by atoms with Crippen molar-refractivity contribution < 1.29 is 4.79 Å². The van der Waals surface area contributed by atoms with E-state index in [1.54, 1.807) is 18.2 Å². The van der Waals surface area contributed by atoms with Gasteiger partial charge >= 0.3 is 0 Å². The van der Waals surface area contributed by atoms with Gasteiger partial charge in [-0.15, -0.1) is 0 Å². The number of anilines is 1. The molecule has 0 heterocycles. The van der Waals surface area contributed by atoms with Gasteiger partial charge in [-0.2, -0.15) is 5.26 Å². The standard InChI is InChI=1S/C15H17BrN2O/c1-15(7-3-2-4-8-15)14(19)18-13-6-5-11(10-17)9-12(13)16/h5-6,9H,2-4,7-8H2,1H3,(H,18,19). The van der Waals surface area contributed by atoms with Crippen LogP contribution in [0.2, 0.25) is 0 Å². The molecule has 2 rings (SSSR count). The second-order valence-electron chi connectivity index (χ2n) is 5.38. The SMILES string of the molecule is CC1(C(=O)Nc2ccc(C#N)cc2Br)CCCCC1. The summed E-state index contributed by atoms with van der Waals surface area (Å²) in [5.74, 6) is 0.0811. The monoisotopic (exact) mass is 320 g/mol. The number of nitrogens with zero attached hydrogens (tertiary/aromatic N) is 1. The van der Waals surface area contributed by atoms with E-state index in [1.165, 1.54) is 6.42 Å². The fourth-order valence-electron chi connectivity index (χ4n) is 2.52. The molecule has 1 aromatic rings. The molecule has 0 unspecified atom stereocenters. The van der Waals surface area contributed by atoms with Gasteiger partial charge in [0.05, 0.1) is 17.3 Å². The summed E-state index contributed by atoms with van der Waals surface area (Å²) in [5.41, 5.74) is 1.05. The molecule has 100 valence electrons. The van der Waals surface area contributed by atoms with Crippen molar-refractivity contribution in [2.45, 2.75) is 39.0 Å². The maximum atomic E-state index is 12.4. The molecular formula is C15H17BrN2O. The topological polar surface area (TPSA) is 52.9 Å². The molecule has 1 fully saturated rings. The molecule has 0 spiro atoms. The van der Waals surface area contributed by atoms with E-state index in [0.717, 1.165) is 35.8 Å². The minimum Gasteiger partial charge on any atom is -0.325 e. The zero-order chi connectivity index (χ0) is 13.9. The lowest BCUT2D eigenvalue weighted by Crippen LogP contribution is -2.35. The number of benzene rings is 1. The average molecular weight is 321 g/mol. The highest BCUT2D eigenvalue weighted by Crippen LogP contribution is 2.37. The molecule has 1 saturated carbocycles. The second-order valence-corrected chi connectivity index (χ2v) is 6.24. The van der Waals surface area contributed by atoms with Crippen LogP contribution in [0.1, 0.15) is 44.6 Å². The van der Waals surface area contributed by atoms with Crippen LogP contribution in [0.15, 0.2) is 22.7 Å². The lowest BCUT2D eigenvalue weighted by Gasteiger charge is -2.32. The number of rotatable bonds is 2. The Morgan fingerprint density at radius 2 is 2.05 bits per heavy atom. The van der Waals surface area contributed by atoms with Gasteiger partial charge in [0.25, 0.3) is 0 Å². The van der Waals surface area contributed by atoms with Crippen LogP contribution in [-0.2, 0) is 4.79 Å². The molecular weight excluding hydrogens is 304 g/mol. The van der Waals surface area contributed by atoms with Gasteiger partial charge in [-0.1, -0.05) is 26.2 Å². The Bertz CT molecular complexity index is 527. The van der Waals surface area contributed by atoms with Crippen molar-refractivity contribution in [3.63, 3.8) is 0 Å². The summed E-state index contributed by atoms with van der Waals surface area (Å²) in [6.45, 7) is 2.04. The molecule has 3 nitrogen and oxygen atoms in total. The Kier molecular flexibility index (Phi) is 4.26. The minimum absolute atomic E-state index is 0.0811. The Hall–Kier alpha value is -1.34. The molecule has 0 atom stereocenters. The minimum atomic E-state index is -0.258. The third-order valence-electron chi connectivity index (χ3n) is 3.85. The first-order valence-corrected chi connectivity index (χ1v) is 7.35. The summed E-state index contributed by atoms with van der Waals surface area (Å²) >= 11 is 3.39. The molecule has 0 bridgehead atoms. The van der Waals surface area contributed by atoms with Crippen molar-refractivity contribution in [2.24, 2.45) is 5.41 Å². The van der Waals surface area contributed by atoms with Crippen molar-refractivity contribution in [2.75, 3.05) is 5.32 Å². The van der Waals surface area contributed by atoms with Crippen molar-refractivity contribution in [3.05, 3.63) is 28.2 Å². The highest BCUT2D eigenvalue weighted by Gasteiger charge is 2.34. The largest absolute Gasteiger partial charge is 0.325 e. The van der Waals surface area contributed by atoms with E-state index in [2.05, 4.69) is 27.3 Å². The third kappa shape index (κ3) is 3.16. The Morgan fingerprint density at radius 3 is 2.63 bits per heavy atom. The molecule has 0 saturated heterocycles. The van der Waals surface area contributed by atoms with Crippen molar-refractivity contribution in [1.29, 1.82) is 5.26 Å². The maximum Gasteiger partial charge on any atom is 0.230 e. The molecule has 1 aromatic carbocycles. The smallest absolute Gasteiger partial charge is 0.230 e. The number of hydrogen-bond donors (Lipinski definition) is 1. The molecule has 19 heavy (non-hydrogen) atoms. The zero-order valence-corrected chi connectivity index (χ0v) is 12.6. The van der Waals surface area contributed by atoms with Gasteiger partial charge in [0.15, 0.2) is 0 Å². The van der Waals surface area contributed by atoms with Gasteiger partial charge < -0.3 is 5.32 Å². The van der Waals surface area contributed by atoms with Crippen LogP contribution in [-0.4, -0.2) is 5.91 Å². The zero-order valence-electron chi connectivity index (χ0n) is 11.0. The van der Waals surface area contributed by atoms with Crippen LogP contribution in [0.25, 0.3) is 0 Å². The number of amides is 1. The van der Waals surface area contributed by atoms with E-state index in [9.17, 15) is 4.79 Å². The number of carbonyl (C=O) groups excluding carboxylic acids is 1. The van der Waals surface area contributed by atoms with Gasteiger partial charge in [-0.05, 0) is 47.0 Å². The highest BCUT2D eigenvalue weighted by molar-refractivity contribution is 9.10. The van der Waals surface area contributed by atoms with Crippen LogP contribution in [0.3, 0.4) is 0 Å². The average Bonchev–Trinajstić information content (AvgIpc) is 2.41. The third-order valence-corrected chi connectivity index (χ3v) is 4.51. The fraction of sp³-hybridized carbons (Fsp3) is 0.467. The number of nitrogens with one attached hydrogen (secondary N) is 1. The van der Waals surface area contributed by atoms with Crippen LogP contribution in [0.4, 0.5) is 5.69 Å². The molecule has 1 aliphatic carbocycles. The van der Waals surface area contributed by atoms with Crippen LogP contribution >= 0.6 is 15.9 Å². The number of hydrogen-bond acceptors (Lipinski definition) is 2. The Labute approximate surface area is 122 Å². The molecule has 0 aliphatic heterocycles. The van der Waals surface area contributed by atoms with Crippen molar-refractivity contribution in [3.8, 4) is 6.07 Å². The second kappa shape index (κ2) is 5.75. The molecule has 4 heteroatoms. The van der Waals surface area contributed by atoms with Gasteiger partial charge in [-0.3, -0.25) is 4.79 Å². The molecule has 1 aliphatic rings.